The highest BCUT2D eigenvalue weighted by atomic mass is 16.5. The summed E-state index contributed by atoms with van der Waals surface area (Å²) in [7, 11) is 3.79. The van der Waals surface area contributed by atoms with E-state index in [1.165, 1.54) is 0 Å². The maximum Gasteiger partial charge on any atom is 0.110 e. The molecule has 1 aromatic heterocycles. The lowest BCUT2D eigenvalue weighted by atomic mass is 10.0. The molecule has 0 aliphatic rings. The van der Waals surface area contributed by atoms with Crippen molar-refractivity contribution in [3.8, 4) is 0 Å². The summed E-state index contributed by atoms with van der Waals surface area (Å²) in [5.74, 6) is 1.15. The molecule has 2 atom stereocenters. The van der Waals surface area contributed by atoms with Crippen LogP contribution in [0.3, 0.4) is 0 Å². The molecule has 0 amide bonds. The van der Waals surface area contributed by atoms with E-state index >= 15 is 0 Å². The zero-order valence-corrected chi connectivity index (χ0v) is 12.1. The maximum absolute atomic E-state index is 5.59. The standard InChI is InChI=1S/C14H27N3O/c1-5-7-13(18-4)12(15-3)11-14-16-8-10-17(14)9-6-2/h8,10,12-13,15H,5-7,9,11H2,1-4H3. The van der Waals surface area contributed by atoms with Gasteiger partial charge in [-0.2, -0.15) is 0 Å². The molecule has 4 heteroatoms. The highest BCUT2D eigenvalue weighted by Gasteiger charge is 2.21. The van der Waals surface area contributed by atoms with E-state index in [4.69, 9.17) is 4.74 Å². The number of hydrogen-bond acceptors (Lipinski definition) is 3. The van der Waals surface area contributed by atoms with Gasteiger partial charge in [0.2, 0.25) is 0 Å². The fourth-order valence-electron chi connectivity index (χ4n) is 2.36. The summed E-state index contributed by atoms with van der Waals surface area (Å²) in [4.78, 5) is 4.47. The molecule has 1 aromatic rings. The largest absolute Gasteiger partial charge is 0.380 e. The normalized spacial score (nSPS) is 14.7. The van der Waals surface area contributed by atoms with Gasteiger partial charge < -0.3 is 14.6 Å². The van der Waals surface area contributed by atoms with E-state index in [-0.39, 0.29) is 6.10 Å². The van der Waals surface area contributed by atoms with Gasteiger partial charge in [0.05, 0.1) is 6.10 Å². The van der Waals surface area contributed by atoms with Crippen molar-refractivity contribution >= 4 is 0 Å². The molecule has 1 heterocycles. The number of rotatable bonds is 9. The van der Waals surface area contributed by atoms with Crippen LogP contribution in [0.1, 0.15) is 38.9 Å². The van der Waals surface area contributed by atoms with Crippen molar-refractivity contribution in [3.63, 3.8) is 0 Å². The number of likely N-dealkylation sites (N-methyl/N-ethyl adjacent to an activating group) is 1. The number of nitrogens with zero attached hydrogens (tertiary/aromatic N) is 2. The van der Waals surface area contributed by atoms with Crippen molar-refractivity contribution in [2.75, 3.05) is 14.2 Å². The van der Waals surface area contributed by atoms with E-state index in [0.717, 1.165) is 38.1 Å². The topological polar surface area (TPSA) is 39.1 Å². The van der Waals surface area contributed by atoms with E-state index < -0.39 is 0 Å². The first-order valence-electron chi connectivity index (χ1n) is 6.96. The lowest BCUT2D eigenvalue weighted by Gasteiger charge is -2.25. The summed E-state index contributed by atoms with van der Waals surface area (Å²) in [5, 5.41) is 3.37. The Bertz CT molecular complexity index is 325. The third kappa shape index (κ3) is 4.10. The third-order valence-corrected chi connectivity index (χ3v) is 3.36. The second-order valence-electron chi connectivity index (χ2n) is 4.70. The first kappa shape index (κ1) is 15.2. The van der Waals surface area contributed by atoms with Gasteiger partial charge in [0.25, 0.3) is 0 Å². The molecule has 0 aliphatic heterocycles. The Kier molecular flexibility index (Phi) is 6.98. The second kappa shape index (κ2) is 8.27. The predicted molar refractivity (Wildman–Crippen MR) is 74.8 cm³/mol. The van der Waals surface area contributed by atoms with Crippen molar-refractivity contribution in [1.29, 1.82) is 0 Å². The molecular formula is C14H27N3O. The molecule has 1 N–H and O–H groups in total. The van der Waals surface area contributed by atoms with Gasteiger partial charge in [-0.1, -0.05) is 20.3 Å². The third-order valence-electron chi connectivity index (χ3n) is 3.36. The summed E-state index contributed by atoms with van der Waals surface area (Å²) in [5.41, 5.74) is 0. The fourth-order valence-corrected chi connectivity index (χ4v) is 2.36. The fraction of sp³-hybridized carbons (Fsp3) is 0.786. The Morgan fingerprint density at radius 3 is 2.72 bits per heavy atom. The van der Waals surface area contributed by atoms with Crippen LogP contribution in [0.25, 0.3) is 0 Å². The zero-order valence-electron chi connectivity index (χ0n) is 12.1. The molecule has 0 spiro atoms. The smallest absolute Gasteiger partial charge is 0.110 e. The van der Waals surface area contributed by atoms with Crippen LogP contribution in [0.2, 0.25) is 0 Å². The van der Waals surface area contributed by atoms with Crippen LogP contribution < -0.4 is 5.32 Å². The molecule has 0 saturated heterocycles. The lowest BCUT2D eigenvalue weighted by molar-refractivity contribution is 0.0624. The minimum absolute atomic E-state index is 0.256. The van der Waals surface area contributed by atoms with Crippen molar-refractivity contribution in [2.24, 2.45) is 0 Å². The van der Waals surface area contributed by atoms with Gasteiger partial charge in [-0.3, -0.25) is 0 Å². The molecule has 18 heavy (non-hydrogen) atoms. The summed E-state index contributed by atoms with van der Waals surface area (Å²) in [6, 6.07) is 0.327. The van der Waals surface area contributed by atoms with Gasteiger partial charge in [0.1, 0.15) is 5.82 Å². The van der Waals surface area contributed by atoms with Gasteiger partial charge in [-0.25, -0.2) is 4.98 Å². The van der Waals surface area contributed by atoms with Crippen LogP contribution in [0.15, 0.2) is 12.4 Å². The lowest BCUT2D eigenvalue weighted by Crippen LogP contribution is -2.41. The maximum atomic E-state index is 5.59. The molecular weight excluding hydrogens is 226 g/mol. The van der Waals surface area contributed by atoms with E-state index in [0.29, 0.717) is 6.04 Å². The van der Waals surface area contributed by atoms with E-state index in [2.05, 4.69) is 34.9 Å². The van der Waals surface area contributed by atoms with Gasteiger partial charge in [0.15, 0.2) is 0 Å². The first-order chi connectivity index (χ1) is 8.76. The molecule has 0 bridgehead atoms. The van der Waals surface area contributed by atoms with Crippen molar-refractivity contribution < 1.29 is 4.74 Å². The Hall–Kier alpha value is -0.870. The Morgan fingerprint density at radius 1 is 1.39 bits per heavy atom. The average Bonchev–Trinajstić information content (AvgIpc) is 2.81. The van der Waals surface area contributed by atoms with Gasteiger partial charge in [-0.15, -0.1) is 0 Å². The average molecular weight is 253 g/mol. The number of ether oxygens (including phenoxy) is 1. The number of aryl methyl sites for hydroxylation is 1. The molecule has 0 saturated carbocycles. The van der Waals surface area contributed by atoms with Crippen LogP contribution >= 0.6 is 0 Å². The number of aromatic nitrogens is 2. The minimum Gasteiger partial charge on any atom is -0.380 e. The van der Waals surface area contributed by atoms with Gasteiger partial charge in [-0.05, 0) is 19.9 Å². The molecule has 4 nitrogen and oxygen atoms in total. The van der Waals surface area contributed by atoms with Crippen LogP contribution in [-0.4, -0.2) is 35.9 Å². The number of methoxy groups -OCH3 is 1. The van der Waals surface area contributed by atoms with Crippen LogP contribution in [-0.2, 0) is 17.7 Å². The minimum atomic E-state index is 0.256. The molecule has 104 valence electrons. The predicted octanol–water partition coefficient (Wildman–Crippen LogP) is 2.24. The highest BCUT2D eigenvalue weighted by molar-refractivity contribution is 4.97. The summed E-state index contributed by atoms with van der Waals surface area (Å²) in [6.45, 7) is 5.42. The summed E-state index contributed by atoms with van der Waals surface area (Å²) in [6.07, 6.45) is 8.48. The van der Waals surface area contributed by atoms with E-state index in [1.54, 1.807) is 7.11 Å². The Morgan fingerprint density at radius 2 is 2.17 bits per heavy atom. The quantitative estimate of drug-likeness (QED) is 0.733. The van der Waals surface area contributed by atoms with Crippen molar-refractivity contribution in [1.82, 2.24) is 14.9 Å². The molecule has 1 rings (SSSR count). The second-order valence-corrected chi connectivity index (χ2v) is 4.70. The van der Waals surface area contributed by atoms with Crippen molar-refractivity contribution in [2.45, 2.75) is 58.2 Å². The Labute approximate surface area is 111 Å². The van der Waals surface area contributed by atoms with Crippen molar-refractivity contribution in [3.05, 3.63) is 18.2 Å². The first-order valence-corrected chi connectivity index (χ1v) is 6.96. The number of nitrogens with one attached hydrogen (secondary N) is 1. The van der Waals surface area contributed by atoms with Crippen LogP contribution in [0.5, 0.6) is 0 Å². The molecule has 0 aromatic carbocycles. The van der Waals surface area contributed by atoms with Crippen LogP contribution in [0.4, 0.5) is 0 Å². The number of hydrogen-bond donors (Lipinski definition) is 1. The van der Waals surface area contributed by atoms with Gasteiger partial charge in [0, 0.05) is 38.5 Å². The zero-order chi connectivity index (χ0) is 13.4. The molecule has 0 fully saturated rings. The van der Waals surface area contributed by atoms with E-state index in [9.17, 15) is 0 Å². The molecule has 0 radical (unpaired) electrons. The van der Waals surface area contributed by atoms with Gasteiger partial charge >= 0.3 is 0 Å². The van der Waals surface area contributed by atoms with Crippen LogP contribution in [0, 0.1) is 0 Å². The van der Waals surface area contributed by atoms with E-state index in [1.807, 2.05) is 13.2 Å². The Balaban J connectivity index is 2.68. The molecule has 0 aliphatic carbocycles. The monoisotopic (exact) mass is 253 g/mol. The summed E-state index contributed by atoms with van der Waals surface area (Å²) >= 11 is 0. The molecule has 2 unspecified atom stereocenters. The summed E-state index contributed by atoms with van der Waals surface area (Å²) < 4.78 is 7.83. The SMILES string of the molecule is CCCC(OC)C(Cc1nccn1CCC)NC. The number of imidazole rings is 1. The highest BCUT2D eigenvalue weighted by Crippen LogP contribution is 2.12.